The summed E-state index contributed by atoms with van der Waals surface area (Å²) in [5.74, 6) is 1.70. The predicted octanol–water partition coefficient (Wildman–Crippen LogP) is 3.52. The summed E-state index contributed by atoms with van der Waals surface area (Å²) in [4.78, 5) is 12.0. The minimum atomic E-state index is -0.269. The van der Waals surface area contributed by atoms with Crippen molar-refractivity contribution in [3.05, 3.63) is 47.5 Å². The minimum Gasteiger partial charge on any atom is -0.493 e. The molecule has 2 aromatic carbocycles. The Bertz CT molecular complexity index is 731. The van der Waals surface area contributed by atoms with Gasteiger partial charge in [0.05, 0.1) is 20.8 Å². The molecule has 6 heteroatoms. The highest BCUT2D eigenvalue weighted by Crippen LogP contribution is 2.36. The number of anilines is 1. The molecule has 0 saturated carbocycles. The summed E-state index contributed by atoms with van der Waals surface area (Å²) in [5.41, 5.74) is 2.98. The molecule has 0 saturated heterocycles. The molecule has 0 bridgehead atoms. The normalized spacial score (nSPS) is 10.1. The Morgan fingerprint density at radius 2 is 1.72 bits per heavy atom. The van der Waals surface area contributed by atoms with E-state index in [-0.39, 0.29) is 6.03 Å². The van der Waals surface area contributed by atoms with E-state index < -0.39 is 0 Å². The van der Waals surface area contributed by atoms with Crippen molar-refractivity contribution in [3.8, 4) is 17.2 Å². The van der Waals surface area contributed by atoms with Crippen LogP contribution in [0.4, 0.5) is 10.5 Å². The SMILES string of the molecule is COc1cccc(OCCNC(=O)Nc2cccc(C)c2C)c1OC. The van der Waals surface area contributed by atoms with E-state index in [9.17, 15) is 4.79 Å². The summed E-state index contributed by atoms with van der Waals surface area (Å²) in [7, 11) is 3.13. The van der Waals surface area contributed by atoms with Gasteiger partial charge in [0.15, 0.2) is 11.5 Å². The van der Waals surface area contributed by atoms with Crippen molar-refractivity contribution >= 4 is 11.7 Å². The van der Waals surface area contributed by atoms with Crippen LogP contribution in [-0.4, -0.2) is 33.4 Å². The van der Waals surface area contributed by atoms with Crippen LogP contribution >= 0.6 is 0 Å². The molecule has 6 nitrogen and oxygen atoms in total. The average Bonchev–Trinajstić information content (AvgIpc) is 2.62. The molecule has 0 aromatic heterocycles. The number of aryl methyl sites for hydroxylation is 1. The number of hydrogen-bond donors (Lipinski definition) is 2. The van der Waals surface area contributed by atoms with Crippen molar-refractivity contribution in [1.29, 1.82) is 0 Å². The number of benzene rings is 2. The van der Waals surface area contributed by atoms with Crippen LogP contribution in [0.25, 0.3) is 0 Å². The van der Waals surface area contributed by atoms with Crippen LogP contribution in [0.1, 0.15) is 11.1 Å². The van der Waals surface area contributed by atoms with Crippen molar-refractivity contribution in [2.24, 2.45) is 0 Å². The van der Waals surface area contributed by atoms with Gasteiger partial charge in [-0.25, -0.2) is 4.79 Å². The van der Waals surface area contributed by atoms with Crippen molar-refractivity contribution in [2.75, 3.05) is 32.7 Å². The van der Waals surface area contributed by atoms with Gasteiger partial charge < -0.3 is 24.8 Å². The predicted molar refractivity (Wildman–Crippen MR) is 98.0 cm³/mol. The Balaban J connectivity index is 1.83. The molecule has 2 N–H and O–H groups in total. The van der Waals surface area contributed by atoms with E-state index in [1.54, 1.807) is 26.4 Å². The average molecular weight is 344 g/mol. The zero-order valence-corrected chi connectivity index (χ0v) is 15.0. The molecule has 2 rings (SSSR count). The summed E-state index contributed by atoms with van der Waals surface area (Å²) in [5, 5.41) is 5.61. The second kappa shape index (κ2) is 8.82. The van der Waals surface area contributed by atoms with Crippen LogP contribution in [0.2, 0.25) is 0 Å². The molecule has 0 fully saturated rings. The van der Waals surface area contributed by atoms with Crippen LogP contribution in [0.3, 0.4) is 0 Å². The molecule has 0 aliphatic carbocycles. The minimum absolute atomic E-state index is 0.269. The first-order valence-corrected chi connectivity index (χ1v) is 8.01. The van der Waals surface area contributed by atoms with Crippen molar-refractivity contribution in [1.82, 2.24) is 5.32 Å². The fourth-order valence-corrected chi connectivity index (χ4v) is 2.35. The van der Waals surface area contributed by atoms with Gasteiger partial charge in [0.2, 0.25) is 5.75 Å². The van der Waals surface area contributed by atoms with Gasteiger partial charge >= 0.3 is 6.03 Å². The number of nitrogens with one attached hydrogen (secondary N) is 2. The van der Waals surface area contributed by atoms with Crippen LogP contribution in [0.15, 0.2) is 36.4 Å². The molecular formula is C19H24N2O4. The van der Waals surface area contributed by atoms with Gasteiger partial charge in [-0.1, -0.05) is 18.2 Å². The lowest BCUT2D eigenvalue weighted by atomic mass is 10.1. The molecule has 0 radical (unpaired) electrons. The first-order valence-electron chi connectivity index (χ1n) is 8.01. The van der Waals surface area contributed by atoms with Gasteiger partial charge in [0.25, 0.3) is 0 Å². The first-order chi connectivity index (χ1) is 12.1. The van der Waals surface area contributed by atoms with Gasteiger partial charge in [0, 0.05) is 5.69 Å². The lowest BCUT2D eigenvalue weighted by Crippen LogP contribution is -2.32. The maximum Gasteiger partial charge on any atom is 0.319 e. The van der Waals surface area contributed by atoms with Gasteiger partial charge in [-0.3, -0.25) is 0 Å². The Morgan fingerprint density at radius 3 is 2.44 bits per heavy atom. The highest BCUT2D eigenvalue weighted by molar-refractivity contribution is 5.90. The number of methoxy groups -OCH3 is 2. The molecule has 0 heterocycles. The van der Waals surface area contributed by atoms with Crippen LogP contribution in [-0.2, 0) is 0 Å². The number of rotatable bonds is 7. The summed E-state index contributed by atoms with van der Waals surface area (Å²) >= 11 is 0. The number of urea groups is 1. The molecule has 134 valence electrons. The zero-order valence-electron chi connectivity index (χ0n) is 15.0. The maximum atomic E-state index is 12.0. The molecule has 0 unspecified atom stereocenters. The Labute approximate surface area is 148 Å². The highest BCUT2D eigenvalue weighted by Gasteiger charge is 2.10. The lowest BCUT2D eigenvalue weighted by molar-refractivity contribution is 0.245. The van der Waals surface area contributed by atoms with E-state index in [1.165, 1.54) is 0 Å². The smallest absolute Gasteiger partial charge is 0.319 e. The van der Waals surface area contributed by atoms with Gasteiger partial charge in [-0.15, -0.1) is 0 Å². The fourth-order valence-electron chi connectivity index (χ4n) is 2.35. The van der Waals surface area contributed by atoms with Crippen LogP contribution in [0.5, 0.6) is 17.2 Å². The summed E-state index contributed by atoms with van der Waals surface area (Å²) in [6.07, 6.45) is 0. The van der Waals surface area contributed by atoms with E-state index >= 15 is 0 Å². The molecule has 25 heavy (non-hydrogen) atoms. The maximum absolute atomic E-state index is 12.0. The number of para-hydroxylation sites is 1. The highest BCUT2D eigenvalue weighted by atomic mass is 16.5. The lowest BCUT2D eigenvalue weighted by Gasteiger charge is -2.14. The molecule has 0 atom stereocenters. The standard InChI is InChI=1S/C19H24N2O4/c1-13-7-5-8-15(14(13)2)21-19(22)20-11-12-25-17-10-6-9-16(23-3)18(17)24-4/h5-10H,11-12H2,1-4H3,(H2,20,21,22). The van der Waals surface area contributed by atoms with Gasteiger partial charge in [0.1, 0.15) is 6.61 Å². The van der Waals surface area contributed by atoms with Gasteiger partial charge in [-0.05, 0) is 43.2 Å². The second-order valence-corrected chi connectivity index (χ2v) is 5.47. The Kier molecular flexibility index (Phi) is 6.51. The summed E-state index contributed by atoms with van der Waals surface area (Å²) < 4.78 is 16.2. The second-order valence-electron chi connectivity index (χ2n) is 5.47. The number of amides is 2. The van der Waals surface area contributed by atoms with Crippen molar-refractivity contribution < 1.29 is 19.0 Å². The molecule has 2 amide bonds. The molecule has 0 aliphatic heterocycles. The largest absolute Gasteiger partial charge is 0.493 e. The van der Waals surface area contributed by atoms with Gasteiger partial charge in [-0.2, -0.15) is 0 Å². The number of carbonyl (C=O) groups is 1. The number of hydrogen-bond acceptors (Lipinski definition) is 4. The van der Waals surface area contributed by atoms with E-state index in [2.05, 4.69) is 10.6 Å². The van der Waals surface area contributed by atoms with E-state index in [4.69, 9.17) is 14.2 Å². The van der Waals surface area contributed by atoms with E-state index in [0.29, 0.717) is 30.4 Å². The molecule has 0 aliphatic rings. The third-order valence-electron chi connectivity index (χ3n) is 3.86. The van der Waals surface area contributed by atoms with Crippen LogP contribution in [0, 0.1) is 13.8 Å². The summed E-state index contributed by atoms with van der Waals surface area (Å²) in [6.45, 7) is 4.65. The number of ether oxygens (including phenoxy) is 3. The van der Waals surface area contributed by atoms with Crippen molar-refractivity contribution in [2.45, 2.75) is 13.8 Å². The third kappa shape index (κ3) is 4.79. The zero-order chi connectivity index (χ0) is 18.2. The summed E-state index contributed by atoms with van der Waals surface area (Å²) in [6, 6.07) is 10.9. The monoisotopic (exact) mass is 344 g/mol. The quantitative estimate of drug-likeness (QED) is 0.754. The number of carbonyl (C=O) groups excluding carboxylic acids is 1. The molecular weight excluding hydrogens is 320 g/mol. The Hall–Kier alpha value is -2.89. The topological polar surface area (TPSA) is 68.8 Å². The fraction of sp³-hybridized carbons (Fsp3) is 0.316. The Morgan fingerprint density at radius 1 is 1.00 bits per heavy atom. The van der Waals surface area contributed by atoms with E-state index in [0.717, 1.165) is 16.8 Å². The first kappa shape index (κ1) is 18.4. The van der Waals surface area contributed by atoms with Crippen LogP contribution < -0.4 is 24.8 Å². The van der Waals surface area contributed by atoms with Crippen molar-refractivity contribution in [3.63, 3.8) is 0 Å². The third-order valence-corrected chi connectivity index (χ3v) is 3.86. The van der Waals surface area contributed by atoms with E-state index in [1.807, 2.05) is 38.1 Å². The molecule has 0 spiro atoms. The molecule has 2 aromatic rings.